The first-order valence-corrected chi connectivity index (χ1v) is 9.44. The fourth-order valence-electron chi connectivity index (χ4n) is 3.35. The summed E-state index contributed by atoms with van der Waals surface area (Å²) < 4.78 is 10.4. The Balaban J connectivity index is 1.54. The minimum atomic E-state index is -0.204. The lowest BCUT2D eigenvalue weighted by Crippen LogP contribution is -2.33. The van der Waals surface area contributed by atoms with E-state index in [4.69, 9.17) is 25.9 Å². The van der Waals surface area contributed by atoms with Gasteiger partial charge in [-0.05, 0) is 42.5 Å². The molecule has 0 spiro atoms. The monoisotopic (exact) mass is 402 g/mol. The van der Waals surface area contributed by atoms with E-state index in [2.05, 4.69) is 22.6 Å². The number of fused-ring (bicyclic) bond motifs is 1. The number of hydrogen-bond donors (Lipinski definition) is 1. The van der Waals surface area contributed by atoms with E-state index >= 15 is 0 Å². The average Bonchev–Trinajstić information content (AvgIpc) is 2.71. The molecule has 0 fully saturated rings. The van der Waals surface area contributed by atoms with E-state index in [1.807, 2.05) is 12.1 Å². The quantitative estimate of drug-likeness (QED) is 0.563. The zero-order chi connectivity index (χ0) is 19.9. The molecule has 1 aliphatic rings. The lowest BCUT2D eigenvalue weighted by atomic mass is 9.88. The third-order valence-corrected chi connectivity index (χ3v) is 4.91. The predicted octanol–water partition coefficient (Wildman–Crippen LogP) is 3.90. The molecule has 0 aromatic heterocycles. The molecule has 1 atom stereocenters. The molecule has 1 unspecified atom stereocenters. The van der Waals surface area contributed by atoms with Gasteiger partial charge in [0.1, 0.15) is 0 Å². The summed E-state index contributed by atoms with van der Waals surface area (Å²) in [5.74, 6) is 0.740. The summed E-state index contributed by atoms with van der Waals surface area (Å²) in [5, 5.41) is 7.27. The van der Waals surface area contributed by atoms with Gasteiger partial charge in [0.25, 0.3) is 5.91 Å². The van der Waals surface area contributed by atoms with Crippen molar-refractivity contribution in [2.24, 2.45) is 5.16 Å². The number of carbonyl (C=O) groups excluding carboxylic acids is 1. The van der Waals surface area contributed by atoms with Crippen LogP contribution in [-0.4, -0.2) is 32.9 Å². The molecule has 1 N–H and O–H groups in total. The van der Waals surface area contributed by atoms with Gasteiger partial charge in [-0.1, -0.05) is 41.0 Å². The highest BCUT2D eigenvalue weighted by atomic mass is 35.5. The standard InChI is InChI=1S/C21H23ClN2O4/c1-26-19-11-14(10-17(22)21(19)27-2)12-23-28-13-20(25)24-18-9-5-7-15-6-3-4-8-16(15)18/h3-4,6,8,10-12,18H,5,7,9,13H2,1-2H3,(H,24,25). The number of oxime groups is 1. The maximum Gasteiger partial charge on any atom is 0.261 e. The minimum absolute atomic E-state index is 0.0229. The van der Waals surface area contributed by atoms with Crippen LogP contribution >= 0.6 is 11.6 Å². The highest BCUT2D eigenvalue weighted by Gasteiger charge is 2.21. The molecule has 2 aromatic rings. The van der Waals surface area contributed by atoms with E-state index in [-0.39, 0.29) is 18.6 Å². The molecule has 0 saturated carbocycles. The molecule has 0 heterocycles. The van der Waals surface area contributed by atoms with Crippen molar-refractivity contribution in [2.45, 2.75) is 25.3 Å². The molecule has 0 aliphatic heterocycles. The number of aryl methyl sites for hydroxylation is 1. The Labute approximate surface area is 169 Å². The van der Waals surface area contributed by atoms with Gasteiger partial charge in [-0.2, -0.15) is 0 Å². The Kier molecular flexibility index (Phi) is 6.76. The summed E-state index contributed by atoms with van der Waals surface area (Å²) in [6.45, 7) is -0.157. The fraction of sp³-hybridized carbons (Fsp3) is 0.333. The highest BCUT2D eigenvalue weighted by molar-refractivity contribution is 6.32. The van der Waals surface area contributed by atoms with Crippen molar-refractivity contribution in [3.8, 4) is 11.5 Å². The van der Waals surface area contributed by atoms with Crippen molar-refractivity contribution in [3.05, 3.63) is 58.1 Å². The maximum absolute atomic E-state index is 12.2. The Morgan fingerprint density at radius 1 is 1.29 bits per heavy atom. The minimum Gasteiger partial charge on any atom is -0.493 e. The van der Waals surface area contributed by atoms with Crippen LogP contribution in [0.3, 0.4) is 0 Å². The first-order chi connectivity index (χ1) is 13.6. The van der Waals surface area contributed by atoms with E-state index in [0.717, 1.165) is 19.3 Å². The van der Waals surface area contributed by atoms with Crippen LogP contribution in [0.2, 0.25) is 5.02 Å². The van der Waals surface area contributed by atoms with E-state index in [9.17, 15) is 4.79 Å². The number of nitrogens with one attached hydrogen (secondary N) is 1. The summed E-state index contributed by atoms with van der Waals surface area (Å²) in [6.07, 6.45) is 4.51. The van der Waals surface area contributed by atoms with Gasteiger partial charge in [-0.15, -0.1) is 0 Å². The van der Waals surface area contributed by atoms with E-state index in [1.54, 1.807) is 12.1 Å². The molecular weight excluding hydrogens is 380 g/mol. The third kappa shape index (κ3) is 4.75. The van der Waals surface area contributed by atoms with Gasteiger partial charge in [-0.3, -0.25) is 4.79 Å². The molecule has 1 aliphatic carbocycles. The van der Waals surface area contributed by atoms with Crippen LogP contribution in [0.5, 0.6) is 11.5 Å². The SMILES string of the molecule is COc1cc(C=NOCC(=O)NC2CCCc3ccccc32)cc(Cl)c1OC. The van der Waals surface area contributed by atoms with Crippen molar-refractivity contribution in [2.75, 3.05) is 20.8 Å². The van der Waals surface area contributed by atoms with Gasteiger partial charge in [0.2, 0.25) is 0 Å². The Morgan fingerprint density at radius 2 is 2.11 bits per heavy atom. The first-order valence-electron chi connectivity index (χ1n) is 9.06. The summed E-state index contributed by atoms with van der Waals surface area (Å²) >= 11 is 6.15. The molecule has 3 rings (SSSR count). The number of ether oxygens (including phenoxy) is 2. The molecule has 6 nitrogen and oxygen atoms in total. The van der Waals surface area contributed by atoms with E-state index in [0.29, 0.717) is 22.1 Å². The molecular formula is C21H23ClN2O4. The molecule has 0 saturated heterocycles. The fourth-order valence-corrected chi connectivity index (χ4v) is 3.64. The summed E-state index contributed by atoms with van der Waals surface area (Å²) in [6, 6.07) is 11.6. The lowest BCUT2D eigenvalue weighted by molar-refractivity contribution is -0.126. The van der Waals surface area contributed by atoms with Crippen molar-refractivity contribution in [1.82, 2.24) is 5.32 Å². The number of nitrogens with zero attached hydrogens (tertiary/aromatic N) is 1. The Bertz CT molecular complexity index is 869. The zero-order valence-corrected chi connectivity index (χ0v) is 16.7. The van der Waals surface area contributed by atoms with Crippen LogP contribution in [0.4, 0.5) is 0 Å². The molecule has 0 radical (unpaired) electrons. The largest absolute Gasteiger partial charge is 0.493 e. The number of rotatable bonds is 7. The van der Waals surface area contributed by atoms with Gasteiger partial charge in [0.05, 0.1) is 31.5 Å². The van der Waals surface area contributed by atoms with Crippen LogP contribution in [0.1, 0.15) is 35.6 Å². The molecule has 1 amide bonds. The van der Waals surface area contributed by atoms with Crippen LogP contribution in [0.25, 0.3) is 0 Å². The second-order valence-corrected chi connectivity index (χ2v) is 6.86. The number of halogens is 1. The number of benzene rings is 2. The van der Waals surface area contributed by atoms with Crippen molar-refractivity contribution in [3.63, 3.8) is 0 Å². The number of hydrogen-bond acceptors (Lipinski definition) is 5. The van der Waals surface area contributed by atoms with Gasteiger partial charge < -0.3 is 19.6 Å². The maximum atomic E-state index is 12.2. The first kappa shape index (κ1) is 20.0. The molecule has 7 heteroatoms. The van der Waals surface area contributed by atoms with E-state index in [1.165, 1.54) is 31.6 Å². The zero-order valence-electron chi connectivity index (χ0n) is 15.9. The molecule has 0 bridgehead atoms. The third-order valence-electron chi connectivity index (χ3n) is 4.63. The highest BCUT2D eigenvalue weighted by Crippen LogP contribution is 2.35. The van der Waals surface area contributed by atoms with Crippen molar-refractivity contribution in [1.29, 1.82) is 0 Å². The van der Waals surface area contributed by atoms with E-state index < -0.39 is 0 Å². The van der Waals surface area contributed by atoms with Crippen LogP contribution in [-0.2, 0) is 16.1 Å². The number of amides is 1. The predicted molar refractivity (Wildman–Crippen MR) is 108 cm³/mol. The van der Waals surface area contributed by atoms with Gasteiger partial charge >= 0.3 is 0 Å². The lowest BCUT2D eigenvalue weighted by Gasteiger charge is -2.26. The molecule has 28 heavy (non-hydrogen) atoms. The second kappa shape index (κ2) is 9.46. The van der Waals surface area contributed by atoms with Crippen molar-refractivity contribution < 1.29 is 19.1 Å². The topological polar surface area (TPSA) is 69.2 Å². The molecule has 148 valence electrons. The Morgan fingerprint density at radius 3 is 2.89 bits per heavy atom. The van der Waals surface area contributed by atoms with Crippen LogP contribution < -0.4 is 14.8 Å². The Hall–Kier alpha value is -2.73. The second-order valence-electron chi connectivity index (χ2n) is 6.46. The van der Waals surface area contributed by atoms with Gasteiger partial charge in [-0.25, -0.2) is 0 Å². The van der Waals surface area contributed by atoms with Crippen LogP contribution in [0, 0.1) is 0 Å². The van der Waals surface area contributed by atoms with Gasteiger partial charge in [0, 0.05) is 5.56 Å². The summed E-state index contributed by atoms with van der Waals surface area (Å²) in [4.78, 5) is 17.3. The summed E-state index contributed by atoms with van der Waals surface area (Å²) in [5.41, 5.74) is 3.15. The van der Waals surface area contributed by atoms with Crippen molar-refractivity contribution >= 4 is 23.7 Å². The normalized spacial score (nSPS) is 15.8. The van der Waals surface area contributed by atoms with Gasteiger partial charge in [0.15, 0.2) is 18.1 Å². The number of methoxy groups -OCH3 is 2. The van der Waals surface area contributed by atoms with Crippen LogP contribution in [0.15, 0.2) is 41.6 Å². The average molecular weight is 403 g/mol. The molecule has 2 aromatic carbocycles. The summed E-state index contributed by atoms with van der Waals surface area (Å²) in [7, 11) is 3.04. The number of carbonyl (C=O) groups is 1. The smallest absolute Gasteiger partial charge is 0.261 e.